The van der Waals surface area contributed by atoms with Gasteiger partial charge in [0.1, 0.15) is 5.82 Å². The summed E-state index contributed by atoms with van der Waals surface area (Å²) in [7, 11) is 2.97. The summed E-state index contributed by atoms with van der Waals surface area (Å²) in [6.07, 6.45) is 0. The van der Waals surface area contributed by atoms with Crippen LogP contribution in [0.3, 0.4) is 0 Å². The minimum absolute atomic E-state index is 0.339. The van der Waals surface area contributed by atoms with Gasteiger partial charge < -0.3 is 9.47 Å². The molecule has 0 aliphatic heterocycles. The molecule has 0 heterocycles. The maximum atomic E-state index is 14.3. The summed E-state index contributed by atoms with van der Waals surface area (Å²) in [4.78, 5) is 0. The Morgan fingerprint density at radius 2 is 1.67 bits per heavy atom. The lowest BCUT2D eigenvalue weighted by Gasteiger charge is -2.16. The molecule has 0 aliphatic rings. The van der Waals surface area contributed by atoms with Crippen molar-refractivity contribution in [2.24, 2.45) is 0 Å². The zero-order chi connectivity index (χ0) is 15.6. The largest absolute Gasteiger partial charge is 0.493 e. The fraction of sp³-hybridized carbons (Fsp3) is 0.250. The van der Waals surface area contributed by atoms with Crippen molar-refractivity contribution in [2.45, 2.75) is 12.3 Å². The van der Waals surface area contributed by atoms with Crippen molar-refractivity contribution in [2.75, 3.05) is 14.2 Å². The third kappa shape index (κ3) is 3.33. The number of ether oxygens (including phenoxy) is 2. The van der Waals surface area contributed by atoms with Crippen LogP contribution >= 0.6 is 27.5 Å². The number of methoxy groups -OCH3 is 2. The van der Waals surface area contributed by atoms with Crippen LogP contribution in [0.4, 0.5) is 4.39 Å². The van der Waals surface area contributed by atoms with E-state index in [0.717, 1.165) is 15.6 Å². The molecular formula is C16H15BrClFO2. The molecule has 112 valence electrons. The second-order valence-electron chi connectivity index (χ2n) is 4.62. The van der Waals surface area contributed by atoms with E-state index in [9.17, 15) is 4.39 Å². The minimum atomic E-state index is -0.626. The Kier molecular flexibility index (Phi) is 5.12. The summed E-state index contributed by atoms with van der Waals surface area (Å²) < 4.78 is 25.4. The minimum Gasteiger partial charge on any atom is -0.493 e. The number of benzene rings is 2. The zero-order valence-corrected chi connectivity index (χ0v) is 14.3. The molecule has 1 atom stereocenters. The molecule has 2 nitrogen and oxygen atoms in total. The number of hydrogen-bond donors (Lipinski definition) is 0. The van der Waals surface area contributed by atoms with Crippen molar-refractivity contribution in [3.63, 3.8) is 0 Å². The normalized spacial score (nSPS) is 12.1. The lowest BCUT2D eigenvalue weighted by atomic mass is 10.0. The van der Waals surface area contributed by atoms with E-state index in [1.54, 1.807) is 6.07 Å². The SMILES string of the molecule is COc1cc(F)c(C(Cl)c2cc(C)ccc2Br)cc1OC. The summed E-state index contributed by atoms with van der Waals surface area (Å²) in [6, 6.07) is 8.65. The average molecular weight is 374 g/mol. The highest BCUT2D eigenvalue weighted by atomic mass is 79.9. The molecule has 1 unspecified atom stereocenters. The molecule has 0 bridgehead atoms. The van der Waals surface area contributed by atoms with Crippen LogP contribution in [0.15, 0.2) is 34.8 Å². The summed E-state index contributed by atoms with van der Waals surface area (Å²) in [5, 5.41) is -0.626. The van der Waals surface area contributed by atoms with Gasteiger partial charge in [0.25, 0.3) is 0 Å². The Bertz CT molecular complexity index is 661. The predicted octanol–water partition coefficient (Wildman–Crippen LogP) is 5.24. The first-order valence-electron chi connectivity index (χ1n) is 6.29. The average Bonchev–Trinajstić information content (AvgIpc) is 2.48. The summed E-state index contributed by atoms with van der Waals surface area (Å²) in [6.45, 7) is 1.96. The molecule has 0 aromatic heterocycles. The molecule has 0 amide bonds. The van der Waals surface area contributed by atoms with E-state index in [1.807, 2.05) is 25.1 Å². The molecule has 0 aliphatic carbocycles. The third-order valence-corrected chi connectivity index (χ3v) is 4.39. The van der Waals surface area contributed by atoms with Crippen molar-refractivity contribution >= 4 is 27.5 Å². The quantitative estimate of drug-likeness (QED) is 0.682. The first-order valence-corrected chi connectivity index (χ1v) is 7.52. The van der Waals surface area contributed by atoms with Crippen LogP contribution < -0.4 is 9.47 Å². The van der Waals surface area contributed by atoms with E-state index in [0.29, 0.717) is 17.1 Å². The van der Waals surface area contributed by atoms with E-state index in [-0.39, 0.29) is 0 Å². The molecule has 21 heavy (non-hydrogen) atoms. The van der Waals surface area contributed by atoms with Crippen LogP contribution in [-0.4, -0.2) is 14.2 Å². The fourth-order valence-corrected chi connectivity index (χ4v) is 3.04. The molecule has 0 N–H and O–H groups in total. The van der Waals surface area contributed by atoms with Gasteiger partial charge in [0, 0.05) is 16.1 Å². The van der Waals surface area contributed by atoms with Crippen LogP contribution in [0.2, 0.25) is 0 Å². The molecule has 0 saturated carbocycles. The number of aryl methyl sites for hydroxylation is 1. The monoisotopic (exact) mass is 372 g/mol. The summed E-state index contributed by atoms with van der Waals surface area (Å²) in [5.74, 6) is 0.357. The van der Waals surface area contributed by atoms with E-state index >= 15 is 0 Å². The summed E-state index contributed by atoms with van der Waals surface area (Å²) >= 11 is 9.93. The van der Waals surface area contributed by atoms with Gasteiger partial charge in [-0.2, -0.15) is 0 Å². The van der Waals surface area contributed by atoms with E-state index in [2.05, 4.69) is 15.9 Å². The third-order valence-electron chi connectivity index (χ3n) is 3.20. The predicted molar refractivity (Wildman–Crippen MR) is 86.1 cm³/mol. The highest BCUT2D eigenvalue weighted by Gasteiger charge is 2.21. The van der Waals surface area contributed by atoms with Gasteiger partial charge in [0.2, 0.25) is 0 Å². The van der Waals surface area contributed by atoms with Crippen LogP contribution in [-0.2, 0) is 0 Å². The van der Waals surface area contributed by atoms with Gasteiger partial charge in [0.05, 0.1) is 19.6 Å². The molecule has 0 spiro atoms. The fourth-order valence-electron chi connectivity index (χ4n) is 2.09. The standard InChI is InChI=1S/C16H15BrClFO2/c1-9-4-5-12(17)10(6-9)16(18)11-7-14(20-2)15(21-3)8-13(11)19/h4-8,16H,1-3H3. The number of alkyl halides is 1. The van der Waals surface area contributed by atoms with Gasteiger partial charge in [-0.3, -0.25) is 0 Å². The maximum Gasteiger partial charge on any atom is 0.163 e. The second kappa shape index (κ2) is 6.67. The Morgan fingerprint density at radius 3 is 2.29 bits per heavy atom. The van der Waals surface area contributed by atoms with Crippen molar-refractivity contribution in [1.29, 1.82) is 0 Å². The zero-order valence-electron chi connectivity index (χ0n) is 11.9. The topological polar surface area (TPSA) is 18.5 Å². The molecule has 2 aromatic rings. The van der Waals surface area contributed by atoms with Gasteiger partial charge in [0.15, 0.2) is 11.5 Å². The molecule has 2 rings (SSSR count). The van der Waals surface area contributed by atoms with E-state index in [1.165, 1.54) is 20.3 Å². The van der Waals surface area contributed by atoms with Gasteiger partial charge in [-0.1, -0.05) is 33.6 Å². The summed E-state index contributed by atoms with van der Waals surface area (Å²) in [5.41, 5.74) is 2.21. The van der Waals surface area contributed by atoms with Crippen LogP contribution in [0, 0.1) is 12.7 Å². The van der Waals surface area contributed by atoms with Crippen molar-refractivity contribution in [1.82, 2.24) is 0 Å². The van der Waals surface area contributed by atoms with Gasteiger partial charge in [-0.15, -0.1) is 11.6 Å². The number of rotatable bonds is 4. The van der Waals surface area contributed by atoms with Crippen LogP contribution in [0.5, 0.6) is 11.5 Å². The Labute approximate surface area is 137 Å². The van der Waals surface area contributed by atoms with Crippen molar-refractivity contribution in [3.8, 4) is 11.5 Å². The van der Waals surface area contributed by atoms with Crippen molar-refractivity contribution < 1.29 is 13.9 Å². The van der Waals surface area contributed by atoms with Crippen LogP contribution in [0.1, 0.15) is 22.1 Å². The Hall–Kier alpha value is -1.26. The Balaban J connectivity index is 2.52. The van der Waals surface area contributed by atoms with Crippen molar-refractivity contribution in [3.05, 3.63) is 57.3 Å². The van der Waals surface area contributed by atoms with Gasteiger partial charge >= 0.3 is 0 Å². The van der Waals surface area contributed by atoms with E-state index < -0.39 is 11.2 Å². The first-order chi connectivity index (χ1) is 9.97. The van der Waals surface area contributed by atoms with Crippen LogP contribution in [0.25, 0.3) is 0 Å². The van der Waals surface area contributed by atoms with Gasteiger partial charge in [-0.25, -0.2) is 4.39 Å². The lowest BCUT2D eigenvalue weighted by Crippen LogP contribution is -2.01. The van der Waals surface area contributed by atoms with Gasteiger partial charge in [-0.05, 0) is 24.6 Å². The molecular weight excluding hydrogens is 359 g/mol. The highest BCUT2D eigenvalue weighted by Crippen LogP contribution is 2.39. The molecule has 5 heteroatoms. The maximum absolute atomic E-state index is 14.3. The molecule has 0 fully saturated rings. The molecule has 2 aromatic carbocycles. The highest BCUT2D eigenvalue weighted by molar-refractivity contribution is 9.10. The lowest BCUT2D eigenvalue weighted by molar-refractivity contribution is 0.351. The Morgan fingerprint density at radius 1 is 1.05 bits per heavy atom. The first kappa shape index (κ1) is 16.1. The number of hydrogen-bond acceptors (Lipinski definition) is 2. The smallest absolute Gasteiger partial charge is 0.163 e. The molecule has 0 radical (unpaired) electrons. The molecule has 0 saturated heterocycles. The number of halogens is 3. The van der Waals surface area contributed by atoms with E-state index in [4.69, 9.17) is 21.1 Å². The second-order valence-corrected chi connectivity index (χ2v) is 5.91.